The van der Waals surface area contributed by atoms with Crippen LogP contribution in [-0.4, -0.2) is 126 Å². The summed E-state index contributed by atoms with van der Waals surface area (Å²) in [5.74, 6) is -1.53. The molecule has 314 valence electrons. The maximum absolute atomic E-state index is 15.3. The third kappa shape index (κ3) is 4.52. The quantitative estimate of drug-likeness (QED) is 0.203. The standard InChI is InChI=1S/C46H56N4O9/c1-8-42(54)23-27-24-45(40(52)57-6,50-32-14-11-10-13-28(32)29-15-19-49(25-42)35(27)36(29)50)31-21-30-33(22-34(31)56-5)47(4)38-44(30)17-20-48-18-12-16-43(9-2,37(44)48)39(59-26(3)51)46(38,55)41(53)58-7/h10-14,16,21-22,27,35,37-39,54-55H,8-9,15,17-20,23-25H2,1-7H3/t27-,35+,37+,38-,39-,42+,43-,44-,45-,46+/m1/s1. The predicted octanol–water partition coefficient (Wildman–Crippen LogP) is 3.98. The molecule has 0 unspecified atom stereocenters. The number of hydrogen-bond acceptors (Lipinski definition) is 12. The van der Waals surface area contributed by atoms with E-state index in [1.807, 2.05) is 37.9 Å². The number of para-hydroxylation sites is 1. The molecule has 1 spiro atoms. The summed E-state index contributed by atoms with van der Waals surface area (Å²) in [7, 11) is 6.18. The Labute approximate surface area is 344 Å². The number of methoxy groups -OCH3 is 3. The van der Waals surface area contributed by atoms with E-state index < -0.39 is 57.6 Å². The number of esters is 3. The van der Waals surface area contributed by atoms with E-state index >= 15 is 4.79 Å². The number of aromatic nitrogens is 1. The van der Waals surface area contributed by atoms with Crippen molar-refractivity contribution in [3.05, 3.63) is 70.9 Å². The number of carbonyl (C=O) groups is 3. The molecule has 1 aromatic heterocycles. The fourth-order valence-corrected chi connectivity index (χ4v) is 14.3. The molecule has 7 heterocycles. The van der Waals surface area contributed by atoms with E-state index in [0.717, 1.165) is 40.8 Å². The number of nitrogens with zero attached hydrogens (tertiary/aromatic N) is 4. The van der Waals surface area contributed by atoms with Crippen LogP contribution in [0.25, 0.3) is 10.9 Å². The monoisotopic (exact) mass is 808 g/mol. The van der Waals surface area contributed by atoms with Gasteiger partial charge in [-0.05, 0) is 74.2 Å². The Morgan fingerprint density at radius 1 is 0.915 bits per heavy atom. The molecular formula is C46H56N4O9. The van der Waals surface area contributed by atoms with Crippen molar-refractivity contribution in [2.24, 2.45) is 11.3 Å². The molecule has 59 heavy (non-hydrogen) atoms. The van der Waals surface area contributed by atoms with Crippen molar-refractivity contribution in [1.82, 2.24) is 14.4 Å². The number of piperidine rings is 1. The van der Waals surface area contributed by atoms with Gasteiger partial charge < -0.3 is 38.6 Å². The average molecular weight is 809 g/mol. The van der Waals surface area contributed by atoms with Gasteiger partial charge in [0.1, 0.15) is 5.75 Å². The van der Waals surface area contributed by atoms with Gasteiger partial charge in [-0.15, -0.1) is 0 Å². The SMILES string of the molecule is CC[C@]1(O)C[C@@H]2C[C@](C(=O)OC)(c3cc4c(cc3OC)N(C)[C@H]3[C@@](O)(C(=O)OC)[C@H](OC(C)=O)[C@]5(CC)C=CCN6CC[C@]43[C@@H]65)n3c4c(c5ccccc53)CCN(C1)[C@H]42. The molecule has 13 heteroatoms. The molecule has 3 fully saturated rings. The van der Waals surface area contributed by atoms with Crippen LogP contribution in [-0.2, 0) is 46.0 Å². The summed E-state index contributed by atoms with van der Waals surface area (Å²) < 4.78 is 26.2. The lowest BCUT2D eigenvalue weighted by Crippen LogP contribution is -2.81. The minimum atomic E-state index is -2.30. The van der Waals surface area contributed by atoms with Crippen LogP contribution in [0, 0.1) is 11.3 Å². The van der Waals surface area contributed by atoms with Crippen LogP contribution >= 0.6 is 0 Å². The number of ether oxygens (including phenoxy) is 4. The summed E-state index contributed by atoms with van der Waals surface area (Å²) >= 11 is 0. The number of hydrogen-bond donors (Lipinski definition) is 2. The third-order valence-electron chi connectivity index (χ3n) is 16.2. The van der Waals surface area contributed by atoms with E-state index in [4.69, 9.17) is 18.9 Å². The topological polar surface area (TPSA) is 143 Å². The molecule has 1 aliphatic carbocycles. The summed E-state index contributed by atoms with van der Waals surface area (Å²) in [6.07, 6.45) is 6.15. The Hall–Kier alpha value is -4.43. The van der Waals surface area contributed by atoms with Crippen molar-refractivity contribution in [1.29, 1.82) is 0 Å². The van der Waals surface area contributed by atoms with Crippen LogP contribution in [0.4, 0.5) is 5.69 Å². The minimum Gasteiger partial charge on any atom is -0.496 e. The van der Waals surface area contributed by atoms with Gasteiger partial charge in [-0.1, -0.05) is 44.2 Å². The molecule has 10 rings (SSSR count). The number of aliphatic hydroxyl groups is 2. The fourth-order valence-electron chi connectivity index (χ4n) is 14.3. The highest BCUT2D eigenvalue weighted by Gasteiger charge is 2.80. The Kier molecular flexibility index (Phi) is 8.40. The highest BCUT2D eigenvalue weighted by atomic mass is 16.6. The van der Waals surface area contributed by atoms with Crippen molar-refractivity contribution < 1.29 is 43.5 Å². The molecule has 13 nitrogen and oxygen atoms in total. The second kappa shape index (κ2) is 12.8. The number of fused-ring (bicyclic) bond motifs is 4. The van der Waals surface area contributed by atoms with Crippen LogP contribution in [0.3, 0.4) is 0 Å². The zero-order valence-electron chi connectivity index (χ0n) is 35.1. The van der Waals surface area contributed by atoms with Crippen molar-refractivity contribution >= 4 is 34.5 Å². The molecule has 7 aliphatic rings. The molecule has 1 saturated carbocycles. The van der Waals surface area contributed by atoms with Gasteiger partial charge in [0.25, 0.3) is 0 Å². The molecule has 2 N–H and O–H groups in total. The molecule has 0 radical (unpaired) electrons. The van der Waals surface area contributed by atoms with Crippen LogP contribution in [0.15, 0.2) is 48.6 Å². The normalized spacial score (nSPS) is 37.6. The van der Waals surface area contributed by atoms with Gasteiger partial charge in [0.15, 0.2) is 11.6 Å². The maximum Gasteiger partial charge on any atom is 0.344 e. The van der Waals surface area contributed by atoms with Crippen molar-refractivity contribution in [2.75, 3.05) is 59.5 Å². The highest BCUT2D eigenvalue weighted by Crippen LogP contribution is 2.68. The summed E-state index contributed by atoms with van der Waals surface area (Å²) in [5.41, 5.74) is -1.01. The first-order chi connectivity index (χ1) is 28.3. The number of carbonyl (C=O) groups excluding carboxylic acids is 3. The number of likely N-dealkylation sites (N-methyl/N-ethyl adjacent to an activating group) is 1. The lowest BCUT2D eigenvalue weighted by Gasteiger charge is -2.63. The largest absolute Gasteiger partial charge is 0.496 e. The second-order valence-electron chi connectivity index (χ2n) is 18.4. The lowest BCUT2D eigenvalue weighted by molar-refractivity contribution is -0.228. The molecule has 3 aromatic rings. The summed E-state index contributed by atoms with van der Waals surface area (Å²) in [6, 6.07) is 11.2. The van der Waals surface area contributed by atoms with Crippen LogP contribution in [0.1, 0.15) is 81.3 Å². The number of anilines is 1. The molecule has 6 aliphatic heterocycles. The molecule has 0 amide bonds. The van der Waals surface area contributed by atoms with Gasteiger partial charge in [-0.2, -0.15) is 0 Å². The van der Waals surface area contributed by atoms with E-state index in [2.05, 4.69) is 50.8 Å². The highest BCUT2D eigenvalue weighted by molar-refractivity contribution is 5.94. The Morgan fingerprint density at radius 2 is 1.68 bits per heavy atom. The fraction of sp³-hybridized carbons (Fsp3) is 0.587. The molecule has 2 saturated heterocycles. The zero-order chi connectivity index (χ0) is 41.6. The van der Waals surface area contributed by atoms with E-state index in [-0.39, 0.29) is 18.0 Å². The summed E-state index contributed by atoms with van der Waals surface area (Å²) in [6.45, 7) is 8.06. The van der Waals surface area contributed by atoms with E-state index in [9.17, 15) is 19.8 Å². The average Bonchev–Trinajstić information content (AvgIpc) is 3.88. The molecule has 2 aromatic carbocycles. The van der Waals surface area contributed by atoms with Gasteiger partial charge >= 0.3 is 17.9 Å². The van der Waals surface area contributed by atoms with Crippen molar-refractivity contribution in [2.45, 2.75) is 106 Å². The first-order valence-electron chi connectivity index (χ1n) is 21.3. The molecule has 10 atom stereocenters. The smallest absolute Gasteiger partial charge is 0.344 e. The molecular weight excluding hydrogens is 753 g/mol. The Balaban J connectivity index is 1.29. The van der Waals surface area contributed by atoms with Crippen LogP contribution in [0.5, 0.6) is 5.75 Å². The second-order valence-corrected chi connectivity index (χ2v) is 18.4. The summed E-state index contributed by atoms with van der Waals surface area (Å²) in [5, 5.41) is 26.5. The lowest BCUT2D eigenvalue weighted by atomic mass is 9.47. The van der Waals surface area contributed by atoms with Crippen LogP contribution in [0.2, 0.25) is 0 Å². The van der Waals surface area contributed by atoms with Gasteiger partial charge in [0, 0.05) is 84.4 Å². The van der Waals surface area contributed by atoms with Crippen molar-refractivity contribution in [3.8, 4) is 5.75 Å². The zero-order valence-corrected chi connectivity index (χ0v) is 35.1. The van der Waals surface area contributed by atoms with E-state index in [1.54, 1.807) is 7.11 Å². The number of benzene rings is 2. The Morgan fingerprint density at radius 3 is 2.37 bits per heavy atom. The van der Waals surface area contributed by atoms with E-state index in [1.165, 1.54) is 26.7 Å². The predicted molar refractivity (Wildman–Crippen MR) is 218 cm³/mol. The third-order valence-corrected chi connectivity index (χ3v) is 16.2. The maximum atomic E-state index is 15.3. The van der Waals surface area contributed by atoms with E-state index in [0.29, 0.717) is 63.1 Å². The first kappa shape index (κ1) is 38.8. The van der Waals surface area contributed by atoms with Gasteiger partial charge in [-0.3, -0.25) is 14.6 Å². The number of rotatable bonds is 7. The molecule has 0 bridgehead atoms. The van der Waals surface area contributed by atoms with Gasteiger partial charge in [0.2, 0.25) is 5.60 Å². The minimum absolute atomic E-state index is 0.000474. The van der Waals surface area contributed by atoms with Crippen LogP contribution < -0.4 is 9.64 Å². The summed E-state index contributed by atoms with van der Waals surface area (Å²) in [4.78, 5) is 49.5. The first-order valence-corrected chi connectivity index (χ1v) is 21.3. The van der Waals surface area contributed by atoms with Crippen molar-refractivity contribution in [3.63, 3.8) is 0 Å². The Bertz CT molecular complexity index is 2340. The van der Waals surface area contributed by atoms with Gasteiger partial charge in [0.05, 0.1) is 39.0 Å². The van der Waals surface area contributed by atoms with Gasteiger partial charge in [-0.25, -0.2) is 9.59 Å².